The van der Waals surface area contributed by atoms with Gasteiger partial charge >= 0.3 is 35.5 Å². The van der Waals surface area contributed by atoms with Gasteiger partial charge in [-0.05, 0) is 38.2 Å². The van der Waals surface area contributed by atoms with E-state index < -0.39 is 11.9 Å². The van der Waals surface area contributed by atoms with Crippen molar-refractivity contribution in [2.24, 2.45) is 4.99 Å². The Morgan fingerprint density at radius 2 is 2.00 bits per heavy atom. The average Bonchev–Trinajstić information content (AvgIpc) is 2.25. The number of carbonyl (C=O) groups is 1. The number of aliphatic imine (C=N–C) groups is 1. The van der Waals surface area contributed by atoms with Crippen LogP contribution in [-0.2, 0) is 4.79 Å². The SMILES string of the molecule is C/C=C/CCCCCN=C([O-])/C=C/C(=O)O.[Na+]. The zero-order valence-electron chi connectivity index (χ0n) is 10.6. The van der Waals surface area contributed by atoms with Gasteiger partial charge in [0.1, 0.15) is 0 Å². The Kier molecular flexibility index (Phi) is 14.9. The van der Waals surface area contributed by atoms with Crippen LogP contribution >= 0.6 is 0 Å². The van der Waals surface area contributed by atoms with E-state index in [1.54, 1.807) is 0 Å². The van der Waals surface area contributed by atoms with Crippen molar-refractivity contribution < 1.29 is 44.6 Å². The van der Waals surface area contributed by atoms with E-state index in [2.05, 4.69) is 11.1 Å². The van der Waals surface area contributed by atoms with Gasteiger partial charge in [-0.25, -0.2) is 4.79 Å². The first-order chi connectivity index (χ1) is 7.66. The summed E-state index contributed by atoms with van der Waals surface area (Å²) in [4.78, 5) is 13.8. The minimum atomic E-state index is -1.13. The Bertz CT molecular complexity index is 285. The summed E-state index contributed by atoms with van der Waals surface area (Å²) < 4.78 is 0. The van der Waals surface area contributed by atoms with Crippen LogP contribution in [0.2, 0.25) is 0 Å². The molecule has 0 aromatic rings. The second-order valence-corrected chi connectivity index (χ2v) is 3.31. The first kappa shape index (κ1) is 18.8. The molecule has 0 spiro atoms. The molecule has 0 atom stereocenters. The molecule has 0 rings (SSSR count). The maximum Gasteiger partial charge on any atom is 1.00 e. The first-order valence-electron chi connectivity index (χ1n) is 5.40. The molecular weight excluding hydrogens is 229 g/mol. The number of hydrogen-bond donors (Lipinski definition) is 1. The third-order valence-corrected chi connectivity index (χ3v) is 1.90. The van der Waals surface area contributed by atoms with Crippen LogP contribution in [0.3, 0.4) is 0 Å². The van der Waals surface area contributed by atoms with Crippen LogP contribution < -0.4 is 34.7 Å². The molecule has 0 saturated carbocycles. The number of nitrogens with zero attached hydrogens (tertiary/aromatic N) is 1. The Morgan fingerprint density at radius 3 is 2.59 bits per heavy atom. The molecule has 0 radical (unpaired) electrons. The van der Waals surface area contributed by atoms with Gasteiger partial charge in [0, 0.05) is 12.6 Å². The zero-order chi connectivity index (χ0) is 12.2. The average molecular weight is 247 g/mol. The van der Waals surface area contributed by atoms with Gasteiger partial charge in [-0.15, -0.1) is 0 Å². The second-order valence-electron chi connectivity index (χ2n) is 3.31. The van der Waals surface area contributed by atoms with E-state index in [4.69, 9.17) is 5.11 Å². The number of allylic oxidation sites excluding steroid dienone is 2. The van der Waals surface area contributed by atoms with E-state index in [1.165, 1.54) is 0 Å². The Labute approximate surface area is 124 Å². The third-order valence-electron chi connectivity index (χ3n) is 1.90. The number of carboxylic acids is 1. The predicted molar refractivity (Wildman–Crippen MR) is 62.4 cm³/mol. The van der Waals surface area contributed by atoms with Gasteiger partial charge in [-0.2, -0.15) is 0 Å². The quantitative estimate of drug-likeness (QED) is 0.142. The van der Waals surface area contributed by atoms with Crippen molar-refractivity contribution in [2.45, 2.75) is 32.6 Å². The molecule has 0 saturated heterocycles. The van der Waals surface area contributed by atoms with E-state index >= 15 is 0 Å². The summed E-state index contributed by atoms with van der Waals surface area (Å²) in [6.07, 6.45) is 9.96. The van der Waals surface area contributed by atoms with E-state index in [9.17, 15) is 9.90 Å². The molecule has 0 aliphatic rings. The minimum Gasteiger partial charge on any atom is -0.859 e. The van der Waals surface area contributed by atoms with E-state index in [-0.39, 0.29) is 29.6 Å². The standard InChI is InChI=1S/C12H19NO3.Na/c1-2-3-4-5-6-7-10-13-11(14)8-9-12(15)16;/h2-3,8-9H,4-7,10H2,1H3,(H,13,14)(H,15,16);/q;+1/p-1/b3-2+,9-8+;. The molecular formula is C12H18NNaO3. The van der Waals surface area contributed by atoms with Crippen LogP contribution in [0.4, 0.5) is 0 Å². The summed E-state index contributed by atoms with van der Waals surface area (Å²) >= 11 is 0. The van der Waals surface area contributed by atoms with Crippen molar-refractivity contribution in [3.8, 4) is 0 Å². The molecule has 0 heterocycles. The minimum absolute atomic E-state index is 0. The summed E-state index contributed by atoms with van der Waals surface area (Å²) in [5, 5.41) is 19.2. The number of unbranched alkanes of at least 4 members (excludes halogenated alkanes) is 3. The molecule has 0 aliphatic heterocycles. The largest absolute Gasteiger partial charge is 1.00 e. The summed E-state index contributed by atoms with van der Waals surface area (Å²) in [6, 6.07) is 0. The van der Waals surface area contributed by atoms with Crippen molar-refractivity contribution in [1.82, 2.24) is 0 Å². The molecule has 4 nitrogen and oxygen atoms in total. The van der Waals surface area contributed by atoms with Gasteiger partial charge in [0.05, 0.1) is 0 Å². The van der Waals surface area contributed by atoms with Crippen molar-refractivity contribution in [3.05, 3.63) is 24.3 Å². The van der Waals surface area contributed by atoms with Crippen molar-refractivity contribution in [2.75, 3.05) is 6.54 Å². The molecule has 90 valence electrons. The smallest absolute Gasteiger partial charge is 0.859 e. The molecule has 0 unspecified atom stereocenters. The fourth-order valence-corrected chi connectivity index (χ4v) is 1.10. The van der Waals surface area contributed by atoms with Gasteiger partial charge in [0.2, 0.25) is 0 Å². The van der Waals surface area contributed by atoms with Crippen molar-refractivity contribution in [3.63, 3.8) is 0 Å². The number of carboxylic acid groups (broad SMARTS) is 1. The van der Waals surface area contributed by atoms with Crippen LogP contribution in [0.15, 0.2) is 29.3 Å². The molecule has 0 bridgehead atoms. The topological polar surface area (TPSA) is 72.7 Å². The van der Waals surface area contributed by atoms with Gasteiger partial charge in [0.25, 0.3) is 0 Å². The molecule has 0 amide bonds. The maximum atomic E-state index is 11.0. The maximum absolute atomic E-state index is 11.0. The van der Waals surface area contributed by atoms with E-state index in [0.29, 0.717) is 6.54 Å². The Balaban J connectivity index is 0. The zero-order valence-corrected chi connectivity index (χ0v) is 12.6. The third kappa shape index (κ3) is 15.4. The summed E-state index contributed by atoms with van der Waals surface area (Å²) in [6.45, 7) is 2.46. The molecule has 17 heavy (non-hydrogen) atoms. The monoisotopic (exact) mass is 247 g/mol. The van der Waals surface area contributed by atoms with Gasteiger partial charge in [-0.3, -0.25) is 0 Å². The molecule has 5 heteroatoms. The number of aliphatic carboxylic acids is 1. The van der Waals surface area contributed by atoms with Crippen LogP contribution in [0, 0.1) is 0 Å². The molecule has 1 N–H and O–H groups in total. The molecule has 0 aromatic carbocycles. The normalized spacial score (nSPS) is 11.9. The summed E-state index contributed by atoms with van der Waals surface area (Å²) in [5.41, 5.74) is 0. The van der Waals surface area contributed by atoms with E-state index in [1.807, 2.05) is 13.0 Å². The molecule has 0 aromatic heterocycles. The second kappa shape index (κ2) is 13.5. The number of hydrogen-bond acceptors (Lipinski definition) is 3. The Hall–Kier alpha value is -0.580. The summed E-state index contributed by atoms with van der Waals surface area (Å²) in [7, 11) is 0. The fourth-order valence-electron chi connectivity index (χ4n) is 1.10. The van der Waals surface area contributed by atoms with Crippen molar-refractivity contribution >= 4 is 11.9 Å². The van der Waals surface area contributed by atoms with Crippen molar-refractivity contribution in [1.29, 1.82) is 0 Å². The van der Waals surface area contributed by atoms with Crippen LogP contribution in [0.5, 0.6) is 0 Å². The van der Waals surface area contributed by atoms with Crippen LogP contribution in [-0.4, -0.2) is 23.5 Å². The summed E-state index contributed by atoms with van der Waals surface area (Å²) in [5.74, 6) is -1.61. The van der Waals surface area contributed by atoms with E-state index in [0.717, 1.165) is 37.8 Å². The van der Waals surface area contributed by atoms with Gasteiger partial charge < -0.3 is 15.2 Å². The van der Waals surface area contributed by atoms with Gasteiger partial charge in [0.15, 0.2) is 0 Å². The number of rotatable bonds is 8. The van der Waals surface area contributed by atoms with Crippen LogP contribution in [0.25, 0.3) is 0 Å². The predicted octanol–water partition coefficient (Wildman–Crippen LogP) is -1.47. The Morgan fingerprint density at radius 1 is 1.29 bits per heavy atom. The van der Waals surface area contributed by atoms with Crippen LogP contribution in [0.1, 0.15) is 32.6 Å². The molecule has 0 aliphatic carbocycles. The first-order valence-corrected chi connectivity index (χ1v) is 5.40. The fraction of sp³-hybridized carbons (Fsp3) is 0.500. The molecule has 0 fully saturated rings. The van der Waals surface area contributed by atoms with Gasteiger partial charge in [-0.1, -0.05) is 18.6 Å².